The van der Waals surface area contributed by atoms with Crippen LogP contribution in [0.25, 0.3) is 0 Å². The van der Waals surface area contributed by atoms with Gasteiger partial charge in [0.25, 0.3) is 0 Å². The summed E-state index contributed by atoms with van der Waals surface area (Å²) in [6, 6.07) is 5.64. The Bertz CT molecular complexity index is 279. The molecule has 56 valence electrons. The van der Waals surface area contributed by atoms with Gasteiger partial charge in [-0.2, -0.15) is 0 Å². The smallest absolute Gasteiger partial charge is 0.0458 e. The molecule has 0 saturated carbocycles. The van der Waals surface area contributed by atoms with Gasteiger partial charge in [-0.1, -0.05) is 33.6 Å². The summed E-state index contributed by atoms with van der Waals surface area (Å²) in [5.74, 6) is 2.55. The first-order valence-electron chi connectivity index (χ1n) is 3.12. The molecular formula is C9H6BrCl. The largest absolute Gasteiger partial charge is 0.120 e. The topological polar surface area (TPSA) is 0 Å². The Balaban J connectivity index is 3.12. The van der Waals surface area contributed by atoms with Crippen LogP contribution >= 0.6 is 27.5 Å². The molecule has 0 spiro atoms. The molecule has 0 aromatic heterocycles. The molecule has 0 nitrogen and oxygen atoms in total. The Hall–Kier alpha value is -0.450. The molecule has 0 bridgehead atoms. The lowest BCUT2D eigenvalue weighted by atomic mass is 10.2. The lowest BCUT2D eigenvalue weighted by molar-refractivity contribution is 1.30. The molecule has 0 aliphatic heterocycles. The lowest BCUT2D eigenvalue weighted by Gasteiger charge is -2.01. The maximum atomic E-state index is 5.88. The Kier molecular flexibility index (Phi) is 2.99. The third-order valence-electron chi connectivity index (χ3n) is 1.34. The molecule has 1 aromatic carbocycles. The van der Waals surface area contributed by atoms with Crippen molar-refractivity contribution in [2.24, 2.45) is 0 Å². The van der Waals surface area contributed by atoms with Gasteiger partial charge in [0.1, 0.15) is 0 Å². The van der Waals surface area contributed by atoms with Crippen molar-refractivity contribution in [3.63, 3.8) is 0 Å². The van der Waals surface area contributed by atoms with Crippen molar-refractivity contribution in [1.82, 2.24) is 0 Å². The van der Waals surface area contributed by atoms with Crippen molar-refractivity contribution in [2.75, 3.05) is 0 Å². The predicted octanol–water partition coefficient (Wildman–Crippen LogP) is 3.28. The summed E-state index contributed by atoms with van der Waals surface area (Å²) in [6.07, 6.45) is 5.74. The SMILES string of the molecule is C#CCc1c(Cl)cccc1Br. The maximum absolute atomic E-state index is 5.88. The number of terminal acetylenes is 1. The van der Waals surface area contributed by atoms with E-state index in [1.807, 2.05) is 18.2 Å². The van der Waals surface area contributed by atoms with E-state index in [-0.39, 0.29) is 0 Å². The third kappa shape index (κ3) is 1.99. The molecule has 0 atom stereocenters. The van der Waals surface area contributed by atoms with Crippen LogP contribution in [0.2, 0.25) is 5.02 Å². The minimum atomic E-state index is 0.570. The quantitative estimate of drug-likeness (QED) is 0.648. The summed E-state index contributed by atoms with van der Waals surface area (Å²) < 4.78 is 0.975. The van der Waals surface area contributed by atoms with Crippen LogP contribution in [-0.2, 0) is 6.42 Å². The molecule has 0 aliphatic rings. The van der Waals surface area contributed by atoms with Crippen LogP contribution in [-0.4, -0.2) is 0 Å². The monoisotopic (exact) mass is 228 g/mol. The van der Waals surface area contributed by atoms with Gasteiger partial charge < -0.3 is 0 Å². The van der Waals surface area contributed by atoms with Crippen molar-refractivity contribution >= 4 is 27.5 Å². The Morgan fingerprint density at radius 2 is 2.27 bits per heavy atom. The van der Waals surface area contributed by atoms with Gasteiger partial charge in [-0.05, 0) is 17.7 Å². The fourth-order valence-electron chi connectivity index (χ4n) is 0.803. The highest BCUT2D eigenvalue weighted by Crippen LogP contribution is 2.24. The Morgan fingerprint density at radius 1 is 1.55 bits per heavy atom. The van der Waals surface area contributed by atoms with E-state index in [1.54, 1.807) is 0 Å². The van der Waals surface area contributed by atoms with Crippen molar-refractivity contribution in [3.05, 3.63) is 33.3 Å². The molecule has 0 amide bonds. The van der Waals surface area contributed by atoms with Crippen LogP contribution in [0, 0.1) is 12.3 Å². The van der Waals surface area contributed by atoms with E-state index in [0.29, 0.717) is 6.42 Å². The maximum Gasteiger partial charge on any atom is 0.0458 e. The number of halogens is 2. The molecule has 0 N–H and O–H groups in total. The molecule has 0 aliphatic carbocycles. The molecule has 0 fully saturated rings. The van der Waals surface area contributed by atoms with Crippen molar-refractivity contribution in [3.8, 4) is 12.3 Å². The van der Waals surface area contributed by atoms with Gasteiger partial charge in [0.15, 0.2) is 0 Å². The molecular weight excluding hydrogens is 223 g/mol. The van der Waals surface area contributed by atoms with E-state index in [4.69, 9.17) is 18.0 Å². The number of hydrogen-bond acceptors (Lipinski definition) is 0. The zero-order valence-corrected chi connectivity index (χ0v) is 8.11. The minimum absolute atomic E-state index is 0.570. The molecule has 0 saturated heterocycles. The number of hydrogen-bond donors (Lipinski definition) is 0. The normalized spacial score (nSPS) is 9.18. The third-order valence-corrected chi connectivity index (χ3v) is 2.44. The van der Waals surface area contributed by atoms with Crippen molar-refractivity contribution < 1.29 is 0 Å². The second-order valence-electron chi connectivity index (χ2n) is 2.08. The summed E-state index contributed by atoms with van der Waals surface area (Å²) in [6.45, 7) is 0. The van der Waals surface area contributed by atoms with Crippen molar-refractivity contribution in [2.45, 2.75) is 6.42 Å². The van der Waals surface area contributed by atoms with Gasteiger partial charge in [-0.3, -0.25) is 0 Å². The van der Waals surface area contributed by atoms with E-state index < -0.39 is 0 Å². The summed E-state index contributed by atoms with van der Waals surface area (Å²) in [5, 5.41) is 0.720. The standard InChI is InChI=1S/C9H6BrCl/c1-2-4-7-8(10)5-3-6-9(7)11/h1,3,5-6H,4H2. The van der Waals surface area contributed by atoms with Gasteiger partial charge in [0.05, 0.1) is 0 Å². The zero-order chi connectivity index (χ0) is 8.27. The summed E-state index contributed by atoms with van der Waals surface area (Å²) >= 11 is 9.25. The highest BCUT2D eigenvalue weighted by atomic mass is 79.9. The second kappa shape index (κ2) is 3.80. The molecule has 0 unspecified atom stereocenters. The number of benzene rings is 1. The lowest BCUT2D eigenvalue weighted by Crippen LogP contribution is -1.84. The van der Waals surface area contributed by atoms with E-state index in [2.05, 4.69) is 21.9 Å². The fraction of sp³-hybridized carbons (Fsp3) is 0.111. The zero-order valence-electron chi connectivity index (χ0n) is 5.77. The van der Waals surface area contributed by atoms with E-state index >= 15 is 0 Å². The summed E-state index contributed by atoms with van der Waals surface area (Å²) in [7, 11) is 0. The predicted molar refractivity (Wildman–Crippen MR) is 51.7 cm³/mol. The Morgan fingerprint density at radius 3 is 2.82 bits per heavy atom. The van der Waals surface area contributed by atoms with Crippen LogP contribution < -0.4 is 0 Å². The van der Waals surface area contributed by atoms with Crippen LogP contribution in [0.4, 0.5) is 0 Å². The molecule has 2 heteroatoms. The van der Waals surface area contributed by atoms with Crippen LogP contribution in [0.3, 0.4) is 0 Å². The first-order valence-corrected chi connectivity index (χ1v) is 4.29. The molecule has 1 rings (SSSR count). The first kappa shape index (κ1) is 8.64. The summed E-state index contributed by atoms with van der Waals surface area (Å²) in [5.41, 5.74) is 0.983. The van der Waals surface area contributed by atoms with E-state index in [0.717, 1.165) is 15.1 Å². The molecule has 1 aromatic rings. The van der Waals surface area contributed by atoms with E-state index in [9.17, 15) is 0 Å². The minimum Gasteiger partial charge on any atom is -0.120 e. The van der Waals surface area contributed by atoms with Crippen LogP contribution in [0.1, 0.15) is 5.56 Å². The van der Waals surface area contributed by atoms with Crippen LogP contribution in [0.5, 0.6) is 0 Å². The van der Waals surface area contributed by atoms with Gasteiger partial charge in [-0.15, -0.1) is 12.3 Å². The van der Waals surface area contributed by atoms with Gasteiger partial charge in [0.2, 0.25) is 0 Å². The molecule has 0 heterocycles. The van der Waals surface area contributed by atoms with Gasteiger partial charge >= 0.3 is 0 Å². The fourth-order valence-corrected chi connectivity index (χ4v) is 1.67. The van der Waals surface area contributed by atoms with E-state index in [1.165, 1.54) is 0 Å². The van der Waals surface area contributed by atoms with Gasteiger partial charge in [-0.25, -0.2) is 0 Å². The van der Waals surface area contributed by atoms with Gasteiger partial charge in [0, 0.05) is 15.9 Å². The summed E-state index contributed by atoms with van der Waals surface area (Å²) in [4.78, 5) is 0. The first-order chi connectivity index (χ1) is 5.25. The molecule has 0 radical (unpaired) electrons. The second-order valence-corrected chi connectivity index (χ2v) is 3.34. The average Bonchev–Trinajstić information content (AvgIpc) is 1.97. The van der Waals surface area contributed by atoms with Crippen LogP contribution in [0.15, 0.2) is 22.7 Å². The van der Waals surface area contributed by atoms with Crippen molar-refractivity contribution in [1.29, 1.82) is 0 Å². The highest BCUT2D eigenvalue weighted by molar-refractivity contribution is 9.10. The molecule has 11 heavy (non-hydrogen) atoms. The Labute approximate surface area is 79.7 Å². The number of rotatable bonds is 1. The average molecular weight is 230 g/mol. The highest BCUT2D eigenvalue weighted by Gasteiger charge is 2.01.